The van der Waals surface area contributed by atoms with Crippen molar-refractivity contribution in [2.75, 3.05) is 0 Å². The Morgan fingerprint density at radius 1 is 1.22 bits per heavy atom. The summed E-state index contributed by atoms with van der Waals surface area (Å²) in [6.07, 6.45) is 0. The number of hydrogen-bond donors (Lipinski definition) is 0. The Morgan fingerprint density at radius 3 is 2.44 bits per heavy atom. The predicted molar refractivity (Wildman–Crippen MR) is 34.3 cm³/mol. The van der Waals surface area contributed by atoms with Crippen LogP contribution in [0, 0.1) is 0 Å². The zero-order valence-corrected chi connectivity index (χ0v) is 5.00. The van der Waals surface area contributed by atoms with Crippen LogP contribution in [0.15, 0.2) is 30.3 Å². The summed E-state index contributed by atoms with van der Waals surface area (Å²) in [5, 5.41) is 0. The topological polar surface area (TPSA) is 33.0 Å². The normalized spacial score (nSPS) is 9.44. The molecule has 0 aromatic heterocycles. The summed E-state index contributed by atoms with van der Waals surface area (Å²) in [5.41, 5.74) is 1.03. The summed E-state index contributed by atoms with van der Waals surface area (Å²) >= 11 is 0. The Hall–Kier alpha value is -0.860. The lowest BCUT2D eigenvalue weighted by Gasteiger charge is -1.93. The van der Waals surface area contributed by atoms with Crippen LogP contribution in [-0.4, -0.2) is 0 Å². The highest BCUT2D eigenvalue weighted by Crippen LogP contribution is 1.97. The van der Waals surface area contributed by atoms with E-state index in [0.717, 1.165) is 5.56 Å². The van der Waals surface area contributed by atoms with Crippen molar-refractivity contribution in [2.45, 2.75) is 6.61 Å². The summed E-state index contributed by atoms with van der Waals surface area (Å²) in [6.45, 7) is 0.376. The third kappa shape index (κ3) is 1.83. The fraction of sp³-hybridized carbons (Fsp3) is 0.143. The van der Waals surface area contributed by atoms with Gasteiger partial charge in [0, 0.05) is 0 Å². The molecule has 0 saturated heterocycles. The smallest absolute Gasteiger partial charge is 0.0950 e. The summed E-state index contributed by atoms with van der Waals surface area (Å²) in [7, 11) is 0. The lowest BCUT2D eigenvalue weighted by Crippen LogP contribution is -1.86. The van der Waals surface area contributed by atoms with E-state index in [4.69, 9.17) is 5.90 Å². The average molecular weight is 122 g/mol. The van der Waals surface area contributed by atoms with Gasteiger partial charge in [-0.3, -0.25) is 4.84 Å². The highest BCUT2D eigenvalue weighted by atomic mass is 16.6. The van der Waals surface area contributed by atoms with Gasteiger partial charge in [0.2, 0.25) is 0 Å². The molecule has 0 aliphatic heterocycles. The Balaban J connectivity index is 2.61. The number of nitrogens with one attached hydrogen (secondary N) is 1. The van der Waals surface area contributed by atoms with Crippen molar-refractivity contribution >= 4 is 0 Å². The monoisotopic (exact) mass is 122 g/mol. The lowest BCUT2D eigenvalue weighted by atomic mass is 10.2. The van der Waals surface area contributed by atoms with Crippen LogP contribution in [0.25, 0.3) is 0 Å². The standard InChI is InChI=1S/C7H8NO/c8-9-6-7-4-2-1-3-5-7/h1-5,8H,6H2. The van der Waals surface area contributed by atoms with Crippen molar-refractivity contribution in [3.63, 3.8) is 0 Å². The summed E-state index contributed by atoms with van der Waals surface area (Å²) in [6, 6.07) is 9.64. The van der Waals surface area contributed by atoms with E-state index in [0.29, 0.717) is 6.61 Å². The molecule has 0 atom stereocenters. The molecule has 1 aromatic rings. The molecular formula is C7H8NO. The first-order valence-corrected chi connectivity index (χ1v) is 2.76. The minimum absolute atomic E-state index is 0.376. The van der Waals surface area contributed by atoms with Gasteiger partial charge >= 0.3 is 0 Å². The molecule has 2 heteroatoms. The molecule has 0 unspecified atom stereocenters. The van der Waals surface area contributed by atoms with E-state index in [-0.39, 0.29) is 0 Å². The Morgan fingerprint density at radius 2 is 1.89 bits per heavy atom. The van der Waals surface area contributed by atoms with Crippen LogP contribution < -0.4 is 5.90 Å². The fourth-order valence-corrected chi connectivity index (χ4v) is 0.658. The minimum Gasteiger partial charge on any atom is -0.280 e. The third-order valence-corrected chi connectivity index (χ3v) is 1.08. The Kier molecular flexibility index (Phi) is 2.24. The predicted octanol–water partition coefficient (Wildman–Crippen LogP) is 1.40. The molecule has 1 aromatic carbocycles. The second kappa shape index (κ2) is 3.22. The lowest BCUT2D eigenvalue weighted by molar-refractivity contribution is 0.104. The maximum Gasteiger partial charge on any atom is 0.0950 e. The zero-order valence-electron chi connectivity index (χ0n) is 5.00. The highest BCUT2D eigenvalue weighted by Gasteiger charge is 1.85. The molecule has 0 amide bonds. The molecule has 0 bridgehead atoms. The van der Waals surface area contributed by atoms with Gasteiger partial charge in [0.05, 0.1) is 6.61 Å². The second-order valence-corrected chi connectivity index (χ2v) is 1.77. The van der Waals surface area contributed by atoms with Gasteiger partial charge < -0.3 is 0 Å². The Labute approximate surface area is 54.2 Å². The van der Waals surface area contributed by atoms with Gasteiger partial charge in [-0.2, -0.15) is 0 Å². The molecule has 0 saturated carbocycles. The number of rotatable bonds is 2. The number of hydrogen-bond acceptors (Lipinski definition) is 1. The molecule has 9 heavy (non-hydrogen) atoms. The van der Waals surface area contributed by atoms with Crippen LogP contribution in [0.4, 0.5) is 0 Å². The van der Waals surface area contributed by atoms with Gasteiger partial charge in [0.25, 0.3) is 0 Å². The molecule has 0 aliphatic rings. The molecule has 1 N–H and O–H groups in total. The van der Waals surface area contributed by atoms with Crippen LogP contribution in [0.1, 0.15) is 5.56 Å². The van der Waals surface area contributed by atoms with Gasteiger partial charge in [-0.05, 0) is 5.56 Å². The SMILES string of the molecule is [NH]OCc1ccccc1. The summed E-state index contributed by atoms with van der Waals surface area (Å²) < 4.78 is 0. The first-order chi connectivity index (χ1) is 4.43. The van der Waals surface area contributed by atoms with E-state index >= 15 is 0 Å². The van der Waals surface area contributed by atoms with Crippen molar-refractivity contribution in [3.8, 4) is 0 Å². The minimum atomic E-state index is 0.376. The van der Waals surface area contributed by atoms with E-state index in [1.165, 1.54) is 0 Å². The van der Waals surface area contributed by atoms with Crippen LogP contribution in [0.3, 0.4) is 0 Å². The summed E-state index contributed by atoms with van der Waals surface area (Å²) in [5.74, 6) is 6.44. The zero-order chi connectivity index (χ0) is 6.53. The summed E-state index contributed by atoms with van der Waals surface area (Å²) in [4.78, 5) is 4.18. The molecular weight excluding hydrogens is 114 g/mol. The van der Waals surface area contributed by atoms with Gasteiger partial charge in [-0.15, -0.1) is 5.90 Å². The van der Waals surface area contributed by atoms with E-state index in [1.54, 1.807) is 0 Å². The average Bonchev–Trinajstić information content (AvgIpc) is 1.91. The van der Waals surface area contributed by atoms with Crippen LogP contribution in [-0.2, 0) is 11.4 Å². The number of benzene rings is 1. The van der Waals surface area contributed by atoms with E-state index in [9.17, 15) is 0 Å². The highest BCUT2D eigenvalue weighted by molar-refractivity contribution is 5.13. The fourth-order valence-electron chi connectivity index (χ4n) is 0.658. The second-order valence-electron chi connectivity index (χ2n) is 1.77. The van der Waals surface area contributed by atoms with Crippen LogP contribution >= 0.6 is 0 Å². The molecule has 47 valence electrons. The molecule has 2 nitrogen and oxygen atoms in total. The van der Waals surface area contributed by atoms with Crippen LogP contribution in [0.5, 0.6) is 0 Å². The van der Waals surface area contributed by atoms with E-state index < -0.39 is 0 Å². The largest absolute Gasteiger partial charge is 0.280 e. The first-order valence-electron chi connectivity index (χ1n) is 2.76. The van der Waals surface area contributed by atoms with Gasteiger partial charge in [0.15, 0.2) is 0 Å². The molecule has 1 rings (SSSR count). The Bertz CT molecular complexity index is 162. The van der Waals surface area contributed by atoms with Gasteiger partial charge in [0.1, 0.15) is 0 Å². The first kappa shape index (κ1) is 6.26. The molecule has 0 aliphatic carbocycles. The van der Waals surface area contributed by atoms with Crippen LogP contribution in [0.2, 0.25) is 0 Å². The maximum absolute atomic E-state index is 6.44. The third-order valence-electron chi connectivity index (χ3n) is 1.08. The van der Waals surface area contributed by atoms with Crippen molar-refractivity contribution in [2.24, 2.45) is 0 Å². The van der Waals surface area contributed by atoms with Crippen molar-refractivity contribution in [1.82, 2.24) is 5.90 Å². The molecule has 0 heterocycles. The molecule has 0 fully saturated rings. The van der Waals surface area contributed by atoms with Crippen molar-refractivity contribution in [1.29, 1.82) is 0 Å². The van der Waals surface area contributed by atoms with Crippen molar-refractivity contribution in [3.05, 3.63) is 35.9 Å². The quantitative estimate of drug-likeness (QED) is 0.546. The molecule has 1 radical (unpaired) electrons. The van der Waals surface area contributed by atoms with E-state index in [2.05, 4.69) is 4.84 Å². The van der Waals surface area contributed by atoms with Gasteiger partial charge in [-0.1, -0.05) is 30.3 Å². The maximum atomic E-state index is 6.44. The van der Waals surface area contributed by atoms with Gasteiger partial charge in [-0.25, -0.2) is 0 Å². The van der Waals surface area contributed by atoms with Crippen molar-refractivity contribution < 1.29 is 4.84 Å². The van der Waals surface area contributed by atoms with E-state index in [1.807, 2.05) is 30.3 Å². The molecule has 0 spiro atoms.